The third-order valence-electron chi connectivity index (χ3n) is 5.66. The zero-order valence-electron chi connectivity index (χ0n) is 16.6. The molecule has 30 heavy (non-hydrogen) atoms. The van der Waals surface area contributed by atoms with E-state index in [-0.39, 0.29) is 18.9 Å². The van der Waals surface area contributed by atoms with Crippen molar-refractivity contribution >= 4 is 5.65 Å². The summed E-state index contributed by atoms with van der Waals surface area (Å²) in [5.74, 6) is -1.94. The maximum absolute atomic E-state index is 13.5. The molecule has 1 saturated carbocycles. The lowest BCUT2D eigenvalue weighted by atomic mass is 9.94. The number of aryl methyl sites for hydroxylation is 1. The SMILES string of the molecule is Cn1cc(-c2ccc(-c3cnc4cccc(OC5CCC(F)(F)CC5)n34)cc2)cn1. The lowest BCUT2D eigenvalue weighted by Gasteiger charge is -2.29. The van der Waals surface area contributed by atoms with Crippen LogP contribution in [0, 0.1) is 0 Å². The molecule has 0 aliphatic heterocycles. The fourth-order valence-electron chi connectivity index (χ4n) is 4.01. The second kappa shape index (κ2) is 7.23. The Morgan fingerprint density at radius 3 is 2.40 bits per heavy atom. The third-order valence-corrected chi connectivity index (χ3v) is 5.66. The van der Waals surface area contributed by atoms with Crippen LogP contribution in [-0.2, 0) is 7.05 Å². The summed E-state index contributed by atoms with van der Waals surface area (Å²) < 4.78 is 36.9. The quantitative estimate of drug-likeness (QED) is 0.457. The molecule has 0 N–H and O–H groups in total. The fourth-order valence-corrected chi connectivity index (χ4v) is 4.01. The van der Waals surface area contributed by atoms with Gasteiger partial charge in [-0.2, -0.15) is 5.10 Å². The molecule has 0 amide bonds. The maximum Gasteiger partial charge on any atom is 0.248 e. The number of halogens is 2. The lowest BCUT2D eigenvalue weighted by Crippen LogP contribution is -2.31. The van der Waals surface area contributed by atoms with E-state index in [0.717, 1.165) is 28.0 Å². The Hall–Kier alpha value is -3.22. The van der Waals surface area contributed by atoms with Crippen molar-refractivity contribution in [3.8, 4) is 28.3 Å². The van der Waals surface area contributed by atoms with Crippen molar-refractivity contribution in [3.05, 3.63) is 61.1 Å². The number of benzene rings is 1. The van der Waals surface area contributed by atoms with Gasteiger partial charge < -0.3 is 4.74 Å². The summed E-state index contributed by atoms with van der Waals surface area (Å²) in [4.78, 5) is 4.51. The molecule has 1 aliphatic carbocycles. The molecule has 1 aromatic carbocycles. The van der Waals surface area contributed by atoms with Crippen molar-refractivity contribution in [1.82, 2.24) is 19.2 Å². The molecule has 1 aliphatic rings. The van der Waals surface area contributed by atoms with E-state index < -0.39 is 5.92 Å². The predicted molar refractivity (Wildman–Crippen MR) is 111 cm³/mol. The molecule has 0 atom stereocenters. The van der Waals surface area contributed by atoms with E-state index in [4.69, 9.17) is 4.74 Å². The molecule has 7 heteroatoms. The van der Waals surface area contributed by atoms with Crippen LogP contribution >= 0.6 is 0 Å². The monoisotopic (exact) mass is 408 g/mol. The molecule has 154 valence electrons. The molecular weight excluding hydrogens is 386 g/mol. The van der Waals surface area contributed by atoms with Crippen LogP contribution in [0.15, 0.2) is 61.1 Å². The molecule has 5 rings (SSSR count). The Balaban J connectivity index is 1.45. The molecule has 0 unspecified atom stereocenters. The molecule has 3 aromatic heterocycles. The first kappa shape index (κ1) is 18.8. The van der Waals surface area contributed by atoms with Crippen molar-refractivity contribution in [2.75, 3.05) is 0 Å². The number of hydrogen-bond acceptors (Lipinski definition) is 3. The molecular formula is C23H22F2N4O. The molecule has 5 nitrogen and oxygen atoms in total. The zero-order valence-corrected chi connectivity index (χ0v) is 16.6. The Bertz CT molecular complexity index is 1170. The van der Waals surface area contributed by atoms with Crippen molar-refractivity contribution < 1.29 is 13.5 Å². The van der Waals surface area contributed by atoms with Crippen LogP contribution in [0.5, 0.6) is 5.88 Å². The predicted octanol–water partition coefficient (Wildman–Crippen LogP) is 5.36. The van der Waals surface area contributed by atoms with Gasteiger partial charge in [0, 0.05) is 37.2 Å². The van der Waals surface area contributed by atoms with Gasteiger partial charge in [-0.25, -0.2) is 13.8 Å². The largest absolute Gasteiger partial charge is 0.475 e. The first-order valence-electron chi connectivity index (χ1n) is 10.1. The summed E-state index contributed by atoms with van der Waals surface area (Å²) in [6, 6.07) is 13.9. The number of alkyl halides is 2. The Morgan fingerprint density at radius 2 is 1.70 bits per heavy atom. The van der Waals surface area contributed by atoms with Gasteiger partial charge in [0.05, 0.1) is 18.1 Å². The second-order valence-corrected chi connectivity index (χ2v) is 7.85. The first-order valence-corrected chi connectivity index (χ1v) is 10.1. The van der Waals surface area contributed by atoms with Crippen LogP contribution in [0.1, 0.15) is 25.7 Å². The Kier molecular flexibility index (Phi) is 4.53. The smallest absolute Gasteiger partial charge is 0.248 e. The highest BCUT2D eigenvalue weighted by atomic mass is 19.3. The molecule has 0 spiro atoms. The molecule has 0 bridgehead atoms. The van der Waals surface area contributed by atoms with Gasteiger partial charge in [-0.3, -0.25) is 9.08 Å². The van der Waals surface area contributed by atoms with Crippen molar-refractivity contribution in [3.63, 3.8) is 0 Å². The summed E-state index contributed by atoms with van der Waals surface area (Å²) >= 11 is 0. The highest BCUT2D eigenvalue weighted by molar-refractivity contribution is 5.70. The number of imidazole rings is 1. The number of aromatic nitrogens is 4. The van der Waals surface area contributed by atoms with Crippen LogP contribution < -0.4 is 4.74 Å². The van der Waals surface area contributed by atoms with Crippen LogP contribution in [0.25, 0.3) is 28.0 Å². The standard InChI is InChI=1S/C23H22F2N4O/c1-28-15-18(13-27-28)16-5-7-17(8-6-16)20-14-26-21-3-2-4-22(29(20)21)30-19-9-11-23(24,25)12-10-19/h2-8,13-15,19H,9-12H2,1H3. The summed E-state index contributed by atoms with van der Waals surface area (Å²) in [6.07, 6.45) is 5.88. The minimum Gasteiger partial charge on any atom is -0.475 e. The number of ether oxygens (including phenoxy) is 1. The minimum atomic E-state index is -2.57. The molecule has 0 radical (unpaired) electrons. The molecule has 1 fully saturated rings. The van der Waals surface area contributed by atoms with Crippen LogP contribution in [0.4, 0.5) is 8.78 Å². The van der Waals surface area contributed by atoms with Gasteiger partial charge in [-0.1, -0.05) is 30.3 Å². The van der Waals surface area contributed by atoms with E-state index in [0.29, 0.717) is 18.7 Å². The van der Waals surface area contributed by atoms with E-state index in [1.165, 1.54) is 0 Å². The topological polar surface area (TPSA) is 44.4 Å². The van der Waals surface area contributed by atoms with Gasteiger partial charge in [0.2, 0.25) is 5.92 Å². The minimum absolute atomic E-state index is 0.125. The number of nitrogens with zero attached hydrogens (tertiary/aromatic N) is 4. The molecule has 3 heterocycles. The number of fused-ring (bicyclic) bond motifs is 1. The molecule has 4 aromatic rings. The molecule has 0 saturated heterocycles. The van der Waals surface area contributed by atoms with E-state index in [1.807, 2.05) is 60.4 Å². The number of hydrogen-bond donors (Lipinski definition) is 0. The Morgan fingerprint density at radius 1 is 0.967 bits per heavy atom. The highest BCUT2D eigenvalue weighted by Crippen LogP contribution is 2.35. The van der Waals surface area contributed by atoms with E-state index in [2.05, 4.69) is 22.2 Å². The third kappa shape index (κ3) is 3.56. The summed E-state index contributed by atoms with van der Waals surface area (Å²) in [6.45, 7) is 0. The van der Waals surface area contributed by atoms with Crippen molar-refractivity contribution in [1.29, 1.82) is 0 Å². The first-order chi connectivity index (χ1) is 14.5. The summed E-state index contributed by atoms with van der Waals surface area (Å²) in [5.41, 5.74) is 4.81. The average molecular weight is 408 g/mol. The summed E-state index contributed by atoms with van der Waals surface area (Å²) in [5, 5.41) is 4.22. The van der Waals surface area contributed by atoms with E-state index in [1.54, 1.807) is 4.68 Å². The average Bonchev–Trinajstić information content (AvgIpc) is 3.37. The van der Waals surface area contributed by atoms with Crippen LogP contribution in [0.2, 0.25) is 0 Å². The van der Waals surface area contributed by atoms with E-state index >= 15 is 0 Å². The Labute approximate surface area is 172 Å². The zero-order chi connectivity index (χ0) is 20.7. The maximum atomic E-state index is 13.5. The van der Waals surface area contributed by atoms with Gasteiger partial charge in [0.25, 0.3) is 0 Å². The van der Waals surface area contributed by atoms with Crippen LogP contribution in [-0.4, -0.2) is 31.2 Å². The van der Waals surface area contributed by atoms with Gasteiger partial charge in [0.15, 0.2) is 5.88 Å². The van der Waals surface area contributed by atoms with Gasteiger partial charge >= 0.3 is 0 Å². The highest BCUT2D eigenvalue weighted by Gasteiger charge is 2.36. The fraction of sp³-hybridized carbons (Fsp3) is 0.304. The number of rotatable bonds is 4. The van der Waals surface area contributed by atoms with Crippen molar-refractivity contribution in [2.24, 2.45) is 7.05 Å². The lowest BCUT2D eigenvalue weighted by molar-refractivity contribution is -0.0589. The second-order valence-electron chi connectivity index (χ2n) is 7.85. The summed E-state index contributed by atoms with van der Waals surface area (Å²) in [7, 11) is 1.89. The van der Waals surface area contributed by atoms with Gasteiger partial charge in [-0.15, -0.1) is 0 Å². The number of pyridine rings is 1. The van der Waals surface area contributed by atoms with E-state index in [9.17, 15) is 8.78 Å². The van der Waals surface area contributed by atoms with Gasteiger partial charge in [-0.05, 0) is 30.5 Å². The van der Waals surface area contributed by atoms with Crippen molar-refractivity contribution in [2.45, 2.75) is 37.7 Å². The normalized spacial score (nSPS) is 16.8. The van der Waals surface area contributed by atoms with Gasteiger partial charge in [0.1, 0.15) is 11.8 Å². The van der Waals surface area contributed by atoms with Crippen LogP contribution in [0.3, 0.4) is 0 Å².